The lowest BCUT2D eigenvalue weighted by Gasteiger charge is -2.32. The number of methoxy groups -OCH3 is 1. The van der Waals surface area contributed by atoms with Crippen LogP contribution in [0, 0.1) is 0 Å². The first-order valence-electron chi connectivity index (χ1n) is 9.83. The van der Waals surface area contributed by atoms with Gasteiger partial charge in [-0.15, -0.1) is 0 Å². The van der Waals surface area contributed by atoms with Gasteiger partial charge >= 0.3 is 4.87 Å². The summed E-state index contributed by atoms with van der Waals surface area (Å²) in [6, 6.07) is 15.2. The lowest BCUT2D eigenvalue weighted by Crippen LogP contribution is -2.34. The van der Waals surface area contributed by atoms with E-state index in [4.69, 9.17) is 9.47 Å². The molecule has 7 heteroatoms. The smallest absolute Gasteiger partial charge is 0.308 e. The number of hydrogen-bond donors (Lipinski definition) is 0. The fourth-order valence-corrected chi connectivity index (χ4v) is 4.89. The third-order valence-electron chi connectivity index (χ3n) is 5.13. The molecule has 0 N–H and O–H groups in total. The van der Waals surface area contributed by atoms with Crippen LogP contribution in [0.2, 0.25) is 0 Å². The summed E-state index contributed by atoms with van der Waals surface area (Å²) >= 11 is 1.19. The summed E-state index contributed by atoms with van der Waals surface area (Å²) in [5.41, 5.74) is 1.68. The fraction of sp³-hybridized carbons (Fsp3) is 0.304. The topological polar surface area (TPSA) is 60.8 Å². The second kappa shape index (κ2) is 7.99. The average molecular weight is 425 g/mol. The summed E-state index contributed by atoms with van der Waals surface area (Å²) in [7, 11) is 3.32. The van der Waals surface area contributed by atoms with Crippen molar-refractivity contribution >= 4 is 28.7 Å². The Morgan fingerprint density at radius 3 is 2.47 bits per heavy atom. The monoisotopic (exact) mass is 424 g/mol. The molecule has 1 aliphatic heterocycles. The fourth-order valence-electron chi connectivity index (χ4n) is 3.79. The second-order valence-corrected chi connectivity index (χ2v) is 8.51. The number of carbonyl (C=O) groups excluding carboxylic acids is 1. The number of ether oxygens (including phenoxy) is 2. The van der Waals surface area contributed by atoms with Gasteiger partial charge in [-0.05, 0) is 43.7 Å². The van der Waals surface area contributed by atoms with Gasteiger partial charge in [0.15, 0.2) is 11.5 Å². The Bertz CT molecular complexity index is 1130. The van der Waals surface area contributed by atoms with Crippen LogP contribution in [0.5, 0.6) is 11.5 Å². The molecule has 156 valence electrons. The van der Waals surface area contributed by atoms with E-state index in [1.54, 1.807) is 23.6 Å². The number of nitrogens with zero attached hydrogens (tertiary/aromatic N) is 2. The number of thiazole rings is 1. The molecule has 1 atom stereocenters. The van der Waals surface area contributed by atoms with Gasteiger partial charge in [-0.2, -0.15) is 0 Å². The molecule has 0 spiro atoms. The van der Waals surface area contributed by atoms with Crippen LogP contribution in [0.15, 0.2) is 53.3 Å². The van der Waals surface area contributed by atoms with Crippen molar-refractivity contribution in [2.24, 2.45) is 7.05 Å². The Labute approximate surface area is 179 Å². The Morgan fingerprint density at radius 2 is 1.80 bits per heavy atom. The number of hydrogen-bond acceptors (Lipinski definition) is 5. The zero-order chi connectivity index (χ0) is 21.4. The number of anilines is 2. The second-order valence-electron chi connectivity index (χ2n) is 7.51. The minimum absolute atomic E-state index is 0.0148. The van der Waals surface area contributed by atoms with E-state index in [1.807, 2.05) is 62.4 Å². The highest BCUT2D eigenvalue weighted by molar-refractivity contribution is 7.10. The molecule has 1 aliphatic rings. The number of rotatable bonds is 5. The van der Waals surface area contributed by atoms with E-state index in [0.29, 0.717) is 17.3 Å². The summed E-state index contributed by atoms with van der Waals surface area (Å²) < 4.78 is 12.9. The standard InChI is InChI=1S/C23H24N2O4S/c1-14(2)29-19-12-15(10-11-18(19)28-4)17-13-20(26)25(16-8-6-5-7-9-16)22-21(17)30-23(27)24(22)3/h5-12,14,17H,13H2,1-4H3. The van der Waals surface area contributed by atoms with Crippen LogP contribution in [0.1, 0.15) is 36.6 Å². The van der Waals surface area contributed by atoms with E-state index >= 15 is 0 Å². The highest BCUT2D eigenvalue weighted by atomic mass is 32.1. The third-order valence-corrected chi connectivity index (χ3v) is 6.27. The number of aromatic nitrogens is 1. The van der Waals surface area contributed by atoms with Gasteiger partial charge in [0.2, 0.25) is 5.91 Å². The zero-order valence-electron chi connectivity index (χ0n) is 17.4. The highest BCUT2D eigenvalue weighted by Gasteiger charge is 2.37. The Balaban J connectivity index is 1.84. The molecule has 2 heterocycles. The van der Waals surface area contributed by atoms with Crippen molar-refractivity contribution in [3.8, 4) is 11.5 Å². The summed E-state index contributed by atoms with van der Waals surface area (Å²) in [6.45, 7) is 3.91. The van der Waals surface area contributed by atoms with Crippen LogP contribution in [-0.2, 0) is 11.8 Å². The normalized spacial score (nSPS) is 16.0. The molecule has 0 fully saturated rings. The van der Waals surface area contributed by atoms with Crippen LogP contribution >= 0.6 is 11.3 Å². The lowest BCUT2D eigenvalue weighted by molar-refractivity contribution is -0.118. The Kier molecular flexibility index (Phi) is 5.39. The maximum absolute atomic E-state index is 13.2. The summed E-state index contributed by atoms with van der Waals surface area (Å²) in [5, 5.41) is 0. The van der Waals surface area contributed by atoms with Gasteiger partial charge in [-0.1, -0.05) is 35.6 Å². The minimum atomic E-state index is -0.216. The van der Waals surface area contributed by atoms with Gasteiger partial charge in [0.25, 0.3) is 0 Å². The SMILES string of the molecule is COc1ccc(C2CC(=O)N(c3ccccc3)c3c2sc(=O)n3C)cc1OC(C)C. The molecule has 3 aromatic rings. The molecule has 2 aromatic carbocycles. The van der Waals surface area contributed by atoms with E-state index in [-0.39, 0.29) is 29.2 Å². The molecule has 1 amide bonds. The molecule has 30 heavy (non-hydrogen) atoms. The lowest BCUT2D eigenvalue weighted by atomic mass is 9.90. The largest absolute Gasteiger partial charge is 0.493 e. The van der Waals surface area contributed by atoms with Gasteiger partial charge in [0.05, 0.1) is 23.8 Å². The number of benzene rings is 2. The van der Waals surface area contributed by atoms with Crippen molar-refractivity contribution in [1.29, 1.82) is 0 Å². The molecule has 0 radical (unpaired) electrons. The van der Waals surface area contributed by atoms with Crippen LogP contribution in [0.25, 0.3) is 0 Å². The van der Waals surface area contributed by atoms with Gasteiger partial charge in [-0.3, -0.25) is 19.1 Å². The first-order chi connectivity index (χ1) is 14.4. The average Bonchev–Trinajstić information content (AvgIpc) is 3.02. The molecule has 0 saturated carbocycles. The molecule has 0 saturated heterocycles. The quantitative estimate of drug-likeness (QED) is 0.607. The third kappa shape index (κ3) is 3.50. The van der Waals surface area contributed by atoms with Crippen molar-refractivity contribution in [2.75, 3.05) is 12.0 Å². The summed E-state index contributed by atoms with van der Waals surface area (Å²) in [5.74, 6) is 1.65. The summed E-state index contributed by atoms with van der Waals surface area (Å²) in [4.78, 5) is 28.3. The van der Waals surface area contributed by atoms with E-state index < -0.39 is 0 Å². The predicted octanol–water partition coefficient (Wildman–Crippen LogP) is 4.44. The van der Waals surface area contributed by atoms with E-state index in [2.05, 4.69) is 0 Å². The molecule has 6 nitrogen and oxygen atoms in total. The minimum Gasteiger partial charge on any atom is -0.493 e. The molecule has 1 unspecified atom stereocenters. The van der Waals surface area contributed by atoms with Gasteiger partial charge in [-0.25, -0.2) is 0 Å². The van der Waals surface area contributed by atoms with E-state index in [9.17, 15) is 9.59 Å². The number of carbonyl (C=O) groups is 1. The highest BCUT2D eigenvalue weighted by Crippen LogP contribution is 2.45. The van der Waals surface area contributed by atoms with Crippen LogP contribution < -0.4 is 19.2 Å². The van der Waals surface area contributed by atoms with Gasteiger partial charge in [0, 0.05) is 19.4 Å². The summed E-state index contributed by atoms with van der Waals surface area (Å²) in [6.07, 6.45) is 0.258. The van der Waals surface area contributed by atoms with Crippen LogP contribution in [0.4, 0.5) is 11.5 Å². The van der Waals surface area contributed by atoms with E-state index in [1.165, 1.54) is 11.3 Å². The zero-order valence-corrected chi connectivity index (χ0v) is 18.2. The number of fused-ring (bicyclic) bond motifs is 1. The molecule has 0 aliphatic carbocycles. The van der Waals surface area contributed by atoms with Crippen molar-refractivity contribution in [3.63, 3.8) is 0 Å². The molecule has 4 rings (SSSR count). The number of amides is 1. The van der Waals surface area contributed by atoms with Crippen molar-refractivity contribution in [1.82, 2.24) is 4.57 Å². The first-order valence-corrected chi connectivity index (χ1v) is 10.6. The van der Waals surface area contributed by atoms with Gasteiger partial charge in [0.1, 0.15) is 5.82 Å². The molecule has 0 bridgehead atoms. The first kappa shape index (κ1) is 20.2. The van der Waals surface area contributed by atoms with Crippen molar-refractivity contribution in [3.05, 3.63) is 68.6 Å². The Morgan fingerprint density at radius 1 is 1.07 bits per heavy atom. The molecular weight excluding hydrogens is 400 g/mol. The van der Waals surface area contributed by atoms with Crippen LogP contribution in [-0.4, -0.2) is 23.7 Å². The van der Waals surface area contributed by atoms with Crippen LogP contribution in [0.3, 0.4) is 0 Å². The maximum atomic E-state index is 13.2. The van der Waals surface area contributed by atoms with Crippen molar-refractivity contribution in [2.45, 2.75) is 32.3 Å². The van der Waals surface area contributed by atoms with Gasteiger partial charge < -0.3 is 9.47 Å². The molecule has 1 aromatic heterocycles. The maximum Gasteiger partial charge on any atom is 0.308 e. The Hall–Kier alpha value is -3.06. The predicted molar refractivity (Wildman–Crippen MR) is 118 cm³/mol. The van der Waals surface area contributed by atoms with E-state index in [0.717, 1.165) is 16.1 Å². The number of para-hydroxylation sites is 1. The molecular formula is C23H24N2O4S. The van der Waals surface area contributed by atoms with Crippen molar-refractivity contribution < 1.29 is 14.3 Å².